The molecule has 0 fully saturated rings. The Bertz CT molecular complexity index is 2330. The highest BCUT2D eigenvalue weighted by molar-refractivity contribution is 6.11. The third-order valence-corrected chi connectivity index (χ3v) is 9.89. The molecule has 2 heterocycles. The van der Waals surface area contributed by atoms with Crippen molar-refractivity contribution in [2.75, 3.05) is 0 Å². The predicted molar refractivity (Wildman–Crippen MR) is 190 cm³/mol. The lowest BCUT2D eigenvalue weighted by Gasteiger charge is -2.23. The average molecular weight is 595 g/mol. The second-order valence-electron chi connectivity index (χ2n) is 13.1. The van der Waals surface area contributed by atoms with Crippen LogP contribution in [0.15, 0.2) is 127 Å². The molecule has 0 amide bonds. The molecule has 0 spiro atoms. The van der Waals surface area contributed by atoms with E-state index in [9.17, 15) is 0 Å². The van der Waals surface area contributed by atoms with Crippen molar-refractivity contribution in [1.29, 1.82) is 0 Å². The van der Waals surface area contributed by atoms with Crippen molar-refractivity contribution in [1.82, 2.24) is 19.5 Å². The van der Waals surface area contributed by atoms with Gasteiger partial charge in [0.15, 0.2) is 17.5 Å². The number of hydrogen-bond donors (Lipinski definition) is 0. The Morgan fingerprint density at radius 3 is 2.20 bits per heavy atom. The highest BCUT2D eigenvalue weighted by atomic mass is 15.0. The lowest BCUT2D eigenvalue weighted by Crippen LogP contribution is -2.15. The van der Waals surface area contributed by atoms with Crippen LogP contribution in [0.5, 0.6) is 0 Å². The van der Waals surface area contributed by atoms with Crippen molar-refractivity contribution in [3.8, 4) is 28.5 Å². The normalized spacial score (nSPS) is 16.6. The maximum atomic E-state index is 5.04. The van der Waals surface area contributed by atoms with Gasteiger partial charge in [0.25, 0.3) is 0 Å². The molecule has 9 rings (SSSR count). The van der Waals surface area contributed by atoms with Crippen LogP contribution >= 0.6 is 0 Å². The van der Waals surface area contributed by atoms with E-state index in [4.69, 9.17) is 15.0 Å². The zero-order valence-corrected chi connectivity index (χ0v) is 26.2. The van der Waals surface area contributed by atoms with E-state index < -0.39 is 0 Å². The summed E-state index contributed by atoms with van der Waals surface area (Å²) >= 11 is 0. The minimum atomic E-state index is -0.0315. The first kappa shape index (κ1) is 27.0. The summed E-state index contributed by atoms with van der Waals surface area (Å²) in [5.41, 5.74) is 12.2. The molecule has 4 heteroatoms. The summed E-state index contributed by atoms with van der Waals surface area (Å²) in [6, 6.07) is 32.5. The Labute approximate surface area is 269 Å². The van der Waals surface area contributed by atoms with Crippen molar-refractivity contribution >= 4 is 33.0 Å². The van der Waals surface area contributed by atoms with E-state index in [1.54, 1.807) is 0 Å². The first-order valence-electron chi connectivity index (χ1n) is 16.3. The van der Waals surface area contributed by atoms with Crippen molar-refractivity contribution in [2.24, 2.45) is 0 Å². The summed E-state index contributed by atoms with van der Waals surface area (Å²) in [4.78, 5) is 15.0. The molecule has 2 aromatic heterocycles. The number of fused-ring (bicyclic) bond motifs is 6. The van der Waals surface area contributed by atoms with Crippen LogP contribution in [0.3, 0.4) is 0 Å². The molecule has 3 aliphatic carbocycles. The Morgan fingerprint density at radius 1 is 0.609 bits per heavy atom. The summed E-state index contributed by atoms with van der Waals surface area (Å²) in [6.07, 6.45) is 15.7. The van der Waals surface area contributed by atoms with Crippen LogP contribution in [-0.2, 0) is 5.41 Å². The number of nitrogens with zero attached hydrogens (tertiary/aromatic N) is 4. The first-order valence-corrected chi connectivity index (χ1v) is 16.3. The highest BCUT2D eigenvalue weighted by Crippen LogP contribution is 2.53. The maximum Gasteiger partial charge on any atom is 0.164 e. The van der Waals surface area contributed by atoms with Crippen LogP contribution in [0.1, 0.15) is 56.5 Å². The van der Waals surface area contributed by atoms with Gasteiger partial charge in [-0.1, -0.05) is 105 Å². The van der Waals surface area contributed by atoms with Gasteiger partial charge < -0.3 is 4.57 Å². The highest BCUT2D eigenvalue weighted by Gasteiger charge is 2.39. The second kappa shape index (κ2) is 10.3. The van der Waals surface area contributed by atoms with E-state index in [1.807, 2.05) is 18.2 Å². The molecule has 0 aliphatic heterocycles. The van der Waals surface area contributed by atoms with Gasteiger partial charge in [0.1, 0.15) is 0 Å². The van der Waals surface area contributed by atoms with Crippen LogP contribution in [0.25, 0.3) is 61.4 Å². The molecule has 0 atom stereocenters. The molecule has 0 radical (unpaired) electrons. The molecule has 4 aromatic carbocycles. The van der Waals surface area contributed by atoms with Gasteiger partial charge in [-0.05, 0) is 78.3 Å². The SMILES string of the molecule is CC1(C)C2=CCCC=C2c2cc3c4ccccc4n(-c4cccc(-c5nc(C6=CCCC=C6)nc(-c6ccccc6)n5)c4)c3cc21. The average Bonchev–Trinajstić information content (AvgIpc) is 3.56. The van der Waals surface area contributed by atoms with Gasteiger partial charge in [-0.3, -0.25) is 0 Å². The summed E-state index contributed by atoms with van der Waals surface area (Å²) in [7, 11) is 0. The number of para-hydroxylation sites is 1. The van der Waals surface area contributed by atoms with E-state index >= 15 is 0 Å². The lowest BCUT2D eigenvalue weighted by molar-refractivity contribution is 0.655. The topological polar surface area (TPSA) is 43.6 Å². The molecule has 222 valence electrons. The molecule has 0 unspecified atom stereocenters. The largest absolute Gasteiger partial charge is 0.309 e. The monoisotopic (exact) mass is 594 g/mol. The van der Waals surface area contributed by atoms with Gasteiger partial charge in [0.2, 0.25) is 0 Å². The number of aromatic nitrogens is 4. The van der Waals surface area contributed by atoms with E-state index in [-0.39, 0.29) is 5.41 Å². The molecule has 46 heavy (non-hydrogen) atoms. The molecular weight excluding hydrogens is 560 g/mol. The third-order valence-electron chi connectivity index (χ3n) is 9.89. The molecule has 0 bridgehead atoms. The Morgan fingerprint density at radius 2 is 1.35 bits per heavy atom. The minimum absolute atomic E-state index is 0.0315. The fourth-order valence-electron chi connectivity index (χ4n) is 7.61. The zero-order chi connectivity index (χ0) is 30.8. The molecule has 0 N–H and O–H groups in total. The maximum absolute atomic E-state index is 5.04. The fourth-order valence-corrected chi connectivity index (χ4v) is 7.61. The Kier molecular flexibility index (Phi) is 6.08. The third kappa shape index (κ3) is 4.17. The molecule has 3 aliphatic rings. The van der Waals surface area contributed by atoms with Gasteiger partial charge in [-0.25, -0.2) is 15.0 Å². The van der Waals surface area contributed by atoms with Gasteiger partial charge in [0, 0.05) is 38.6 Å². The van der Waals surface area contributed by atoms with Crippen LogP contribution in [0, 0.1) is 0 Å². The molecule has 6 aromatic rings. The number of benzene rings is 4. The number of allylic oxidation sites excluding steroid dienone is 8. The van der Waals surface area contributed by atoms with E-state index in [0.29, 0.717) is 17.5 Å². The van der Waals surface area contributed by atoms with Gasteiger partial charge >= 0.3 is 0 Å². The summed E-state index contributed by atoms with van der Waals surface area (Å²) in [6.45, 7) is 4.76. The van der Waals surface area contributed by atoms with Crippen LogP contribution in [0.4, 0.5) is 0 Å². The molecule has 0 saturated carbocycles. The standard InChI is InChI=1S/C42H34N4/c1-42(2)35-22-11-9-20-31(35)33-25-34-32-21-10-12-23-37(32)46(38(34)26-36(33)42)30-19-13-18-29(24-30)41-44-39(27-14-5-3-6-15-27)43-40(45-41)28-16-7-4-8-17-28/h3,5-7,10,12-26H,4,8-9,11H2,1-2H3. The van der Waals surface area contributed by atoms with Crippen LogP contribution in [-0.4, -0.2) is 19.5 Å². The molecule has 4 nitrogen and oxygen atoms in total. The van der Waals surface area contributed by atoms with Gasteiger partial charge in [-0.2, -0.15) is 0 Å². The van der Waals surface area contributed by atoms with Crippen LogP contribution < -0.4 is 0 Å². The van der Waals surface area contributed by atoms with E-state index in [1.165, 1.54) is 44.1 Å². The summed E-state index contributed by atoms with van der Waals surface area (Å²) < 4.78 is 2.42. The summed E-state index contributed by atoms with van der Waals surface area (Å²) in [5.74, 6) is 2.08. The lowest BCUT2D eigenvalue weighted by atomic mass is 9.80. The van der Waals surface area contributed by atoms with Crippen molar-refractivity contribution < 1.29 is 0 Å². The Hall–Kier alpha value is -5.35. The number of hydrogen-bond acceptors (Lipinski definition) is 3. The predicted octanol–water partition coefficient (Wildman–Crippen LogP) is 10.4. The zero-order valence-electron chi connectivity index (χ0n) is 26.2. The van der Waals surface area contributed by atoms with Crippen molar-refractivity contribution in [3.63, 3.8) is 0 Å². The van der Waals surface area contributed by atoms with Crippen molar-refractivity contribution in [2.45, 2.75) is 44.9 Å². The van der Waals surface area contributed by atoms with Crippen molar-refractivity contribution in [3.05, 3.63) is 144 Å². The van der Waals surface area contributed by atoms with Crippen LogP contribution in [0.2, 0.25) is 0 Å². The minimum Gasteiger partial charge on any atom is -0.309 e. The second-order valence-corrected chi connectivity index (χ2v) is 13.1. The smallest absolute Gasteiger partial charge is 0.164 e. The van der Waals surface area contributed by atoms with Gasteiger partial charge in [0.05, 0.1) is 11.0 Å². The first-order chi connectivity index (χ1) is 22.6. The molecule has 0 saturated heterocycles. The van der Waals surface area contributed by atoms with Gasteiger partial charge in [-0.15, -0.1) is 0 Å². The van der Waals surface area contributed by atoms with E-state index in [0.717, 1.165) is 48.1 Å². The fraction of sp³-hybridized carbons (Fsp3) is 0.167. The summed E-state index contributed by atoms with van der Waals surface area (Å²) in [5, 5.41) is 2.55. The van der Waals surface area contributed by atoms with E-state index in [2.05, 4.69) is 122 Å². The quantitative estimate of drug-likeness (QED) is 0.204. The molecular formula is C42H34N4. The Balaban J connectivity index is 1.25. The number of rotatable bonds is 4.